The monoisotopic (exact) mass is 284 g/mol. The van der Waals surface area contributed by atoms with Gasteiger partial charge in [-0.05, 0) is 42.7 Å². The summed E-state index contributed by atoms with van der Waals surface area (Å²) in [5, 5.41) is 3.32. The molecule has 0 unspecified atom stereocenters. The van der Waals surface area contributed by atoms with Crippen LogP contribution < -0.4 is 10.1 Å². The van der Waals surface area contributed by atoms with Crippen LogP contribution in [0.25, 0.3) is 0 Å². The molecule has 0 bridgehead atoms. The summed E-state index contributed by atoms with van der Waals surface area (Å²) < 4.78 is 5.72. The van der Waals surface area contributed by atoms with Gasteiger partial charge in [0.2, 0.25) is 0 Å². The summed E-state index contributed by atoms with van der Waals surface area (Å²) in [5.74, 6) is 0.940. The van der Waals surface area contributed by atoms with Crippen LogP contribution >= 0.6 is 0 Å². The van der Waals surface area contributed by atoms with Crippen molar-refractivity contribution in [1.82, 2.24) is 10.3 Å². The minimum atomic E-state index is 0.668. The fourth-order valence-electron chi connectivity index (χ4n) is 2.09. The second-order valence-corrected chi connectivity index (χ2v) is 5.09. The lowest BCUT2D eigenvalue weighted by atomic mass is 10.1. The van der Waals surface area contributed by atoms with Crippen LogP contribution in [0.15, 0.2) is 48.7 Å². The van der Waals surface area contributed by atoms with E-state index in [1.54, 1.807) is 0 Å². The second-order valence-electron chi connectivity index (χ2n) is 5.09. The molecule has 0 atom stereocenters. The zero-order valence-corrected chi connectivity index (χ0v) is 12.7. The number of hydrogen-bond donors (Lipinski definition) is 1. The lowest BCUT2D eigenvalue weighted by Gasteiger charge is -2.08. The molecule has 0 fully saturated rings. The van der Waals surface area contributed by atoms with E-state index in [-0.39, 0.29) is 0 Å². The zero-order chi connectivity index (χ0) is 14.8. The SMILES string of the molecule is CCCCc1ccc(OCCNCc2ccccn2)cc1. The molecule has 1 aromatic heterocycles. The number of pyridine rings is 1. The van der Waals surface area contributed by atoms with Gasteiger partial charge >= 0.3 is 0 Å². The van der Waals surface area contributed by atoms with Gasteiger partial charge in [-0.2, -0.15) is 0 Å². The summed E-state index contributed by atoms with van der Waals surface area (Å²) in [6, 6.07) is 14.4. The second kappa shape index (κ2) is 9.14. The molecule has 1 N–H and O–H groups in total. The summed E-state index contributed by atoms with van der Waals surface area (Å²) in [4.78, 5) is 4.27. The van der Waals surface area contributed by atoms with Gasteiger partial charge in [-0.15, -0.1) is 0 Å². The Labute approximate surface area is 127 Å². The van der Waals surface area contributed by atoms with E-state index in [4.69, 9.17) is 4.74 Å². The lowest BCUT2D eigenvalue weighted by molar-refractivity contribution is 0.313. The number of nitrogens with zero attached hydrogens (tertiary/aromatic N) is 1. The first-order chi connectivity index (χ1) is 10.4. The molecule has 0 aliphatic heterocycles. The third-order valence-corrected chi connectivity index (χ3v) is 3.32. The molecule has 0 spiro atoms. The largest absolute Gasteiger partial charge is 0.492 e. The third-order valence-electron chi connectivity index (χ3n) is 3.32. The van der Waals surface area contributed by atoms with Gasteiger partial charge in [0.25, 0.3) is 0 Å². The summed E-state index contributed by atoms with van der Waals surface area (Å²) in [7, 11) is 0. The number of unbranched alkanes of at least 4 members (excludes halogenated alkanes) is 1. The molecule has 21 heavy (non-hydrogen) atoms. The van der Waals surface area contributed by atoms with E-state index in [0.29, 0.717) is 6.61 Å². The summed E-state index contributed by atoms with van der Waals surface area (Å²) >= 11 is 0. The van der Waals surface area contributed by atoms with E-state index in [2.05, 4.69) is 41.5 Å². The van der Waals surface area contributed by atoms with Crippen LogP contribution in [0, 0.1) is 0 Å². The number of nitrogens with one attached hydrogen (secondary N) is 1. The Balaban J connectivity index is 1.62. The van der Waals surface area contributed by atoms with E-state index < -0.39 is 0 Å². The van der Waals surface area contributed by atoms with E-state index in [1.165, 1.54) is 18.4 Å². The van der Waals surface area contributed by atoms with E-state index in [9.17, 15) is 0 Å². The molecule has 3 nitrogen and oxygen atoms in total. The van der Waals surface area contributed by atoms with Gasteiger partial charge in [-0.25, -0.2) is 0 Å². The molecule has 0 saturated heterocycles. The molecule has 1 heterocycles. The Kier molecular flexibility index (Phi) is 6.75. The molecular formula is C18H24N2O. The third kappa shape index (κ3) is 5.96. The Morgan fingerprint density at radius 3 is 2.67 bits per heavy atom. The fraction of sp³-hybridized carbons (Fsp3) is 0.389. The lowest BCUT2D eigenvalue weighted by Crippen LogP contribution is -2.21. The van der Waals surface area contributed by atoms with Crippen molar-refractivity contribution in [3.63, 3.8) is 0 Å². The van der Waals surface area contributed by atoms with Crippen LogP contribution in [0.1, 0.15) is 31.0 Å². The summed E-state index contributed by atoms with van der Waals surface area (Å²) in [6.07, 6.45) is 5.45. The first kappa shape index (κ1) is 15.5. The van der Waals surface area contributed by atoms with Crippen LogP contribution in [0.2, 0.25) is 0 Å². The maximum atomic E-state index is 5.72. The van der Waals surface area contributed by atoms with Crippen LogP contribution in [-0.4, -0.2) is 18.1 Å². The molecular weight excluding hydrogens is 260 g/mol. The highest BCUT2D eigenvalue weighted by atomic mass is 16.5. The molecule has 112 valence electrons. The predicted octanol–water partition coefficient (Wildman–Crippen LogP) is 3.59. The van der Waals surface area contributed by atoms with Crippen molar-refractivity contribution < 1.29 is 4.74 Å². The first-order valence-corrected chi connectivity index (χ1v) is 7.71. The standard InChI is InChI=1S/C18H24N2O/c1-2-3-6-16-8-10-18(11-9-16)21-14-13-19-15-17-7-4-5-12-20-17/h4-5,7-12,19H,2-3,6,13-15H2,1H3. The van der Waals surface area contributed by atoms with Crippen molar-refractivity contribution in [1.29, 1.82) is 0 Å². The van der Waals surface area contributed by atoms with Gasteiger partial charge in [0, 0.05) is 19.3 Å². The highest BCUT2D eigenvalue weighted by Crippen LogP contribution is 2.13. The van der Waals surface area contributed by atoms with Gasteiger partial charge in [0.1, 0.15) is 12.4 Å². The molecule has 3 heteroatoms. The summed E-state index contributed by atoms with van der Waals surface area (Å²) in [5.41, 5.74) is 2.44. The van der Waals surface area contributed by atoms with Crippen LogP contribution in [0.3, 0.4) is 0 Å². The molecule has 0 saturated carbocycles. The van der Waals surface area contributed by atoms with Crippen molar-refractivity contribution in [3.05, 3.63) is 59.9 Å². The molecule has 2 aromatic rings. The van der Waals surface area contributed by atoms with E-state index >= 15 is 0 Å². The Hall–Kier alpha value is -1.87. The molecule has 1 aromatic carbocycles. The molecule has 2 rings (SSSR count). The van der Waals surface area contributed by atoms with Gasteiger partial charge in [-0.3, -0.25) is 4.98 Å². The predicted molar refractivity (Wildman–Crippen MR) is 86.5 cm³/mol. The Morgan fingerprint density at radius 1 is 1.10 bits per heavy atom. The van der Waals surface area contributed by atoms with Crippen molar-refractivity contribution in [2.45, 2.75) is 32.7 Å². The fourth-order valence-corrected chi connectivity index (χ4v) is 2.09. The van der Waals surface area contributed by atoms with Crippen molar-refractivity contribution in [2.24, 2.45) is 0 Å². The highest BCUT2D eigenvalue weighted by molar-refractivity contribution is 5.27. The summed E-state index contributed by atoms with van der Waals surface area (Å²) in [6.45, 7) is 4.48. The average Bonchev–Trinajstić information content (AvgIpc) is 2.55. The maximum Gasteiger partial charge on any atom is 0.119 e. The number of aryl methyl sites for hydroxylation is 1. The van der Waals surface area contributed by atoms with Gasteiger partial charge in [0.05, 0.1) is 5.69 Å². The molecule has 0 aliphatic carbocycles. The van der Waals surface area contributed by atoms with Crippen molar-refractivity contribution in [2.75, 3.05) is 13.2 Å². The first-order valence-electron chi connectivity index (χ1n) is 7.71. The van der Waals surface area contributed by atoms with Gasteiger partial charge in [0.15, 0.2) is 0 Å². The van der Waals surface area contributed by atoms with Crippen LogP contribution in [0.4, 0.5) is 0 Å². The molecule has 0 radical (unpaired) electrons. The number of hydrogen-bond acceptors (Lipinski definition) is 3. The minimum absolute atomic E-state index is 0.668. The topological polar surface area (TPSA) is 34.1 Å². The van der Waals surface area contributed by atoms with E-state index in [1.807, 2.05) is 24.4 Å². The zero-order valence-electron chi connectivity index (χ0n) is 12.7. The van der Waals surface area contributed by atoms with Gasteiger partial charge in [-0.1, -0.05) is 31.5 Å². The number of ether oxygens (including phenoxy) is 1. The maximum absolute atomic E-state index is 5.72. The van der Waals surface area contributed by atoms with Gasteiger partial charge < -0.3 is 10.1 Å². The quantitative estimate of drug-likeness (QED) is 0.715. The number of aromatic nitrogens is 1. The van der Waals surface area contributed by atoms with E-state index in [0.717, 1.165) is 31.0 Å². The minimum Gasteiger partial charge on any atom is -0.492 e. The number of rotatable bonds is 9. The smallest absolute Gasteiger partial charge is 0.119 e. The van der Waals surface area contributed by atoms with Crippen molar-refractivity contribution >= 4 is 0 Å². The Bertz CT molecular complexity index is 496. The van der Waals surface area contributed by atoms with Crippen LogP contribution in [-0.2, 0) is 13.0 Å². The average molecular weight is 284 g/mol. The highest BCUT2D eigenvalue weighted by Gasteiger charge is 1.96. The van der Waals surface area contributed by atoms with Crippen LogP contribution in [0.5, 0.6) is 5.75 Å². The number of benzene rings is 1. The molecule has 0 aliphatic rings. The Morgan fingerprint density at radius 2 is 1.95 bits per heavy atom. The molecule has 0 amide bonds. The normalized spacial score (nSPS) is 10.5. The van der Waals surface area contributed by atoms with Crippen molar-refractivity contribution in [3.8, 4) is 5.75 Å².